The molecule has 0 saturated heterocycles. The van der Waals surface area contributed by atoms with E-state index < -0.39 is 22.3 Å². The molecule has 1 N–H and O–H groups in total. The molecule has 1 aromatic carbocycles. The Labute approximate surface area is 124 Å². The maximum atomic E-state index is 13.2. The number of rotatable bonds is 5. The van der Waals surface area contributed by atoms with E-state index >= 15 is 0 Å². The first kappa shape index (κ1) is 15.1. The summed E-state index contributed by atoms with van der Waals surface area (Å²) < 4.78 is 13.2. The number of hydrogen-bond acceptors (Lipinski definition) is 4. The van der Waals surface area contributed by atoms with Crippen LogP contribution in [-0.2, 0) is 6.42 Å². The van der Waals surface area contributed by atoms with Gasteiger partial charge in [-0.3, -0.25) is 14.9 Å². The molecule has 7 heteroatoms. The van der Waals surface area contributed by atoms with Crippen molar-refractivity contribution in [1.82, 2.24) is 5.32 Å². The maximum Gasteiger partial charge on any atom is 0.305 e. The fraction of sp³-hybridized carbons (Fsp3) is 0.214. The topological polar surface area (TPSA) is 72.2 Å². The number of nitrogens with zero attached hydrogens (tertiary/aromatic N) is 1. The van der Waals surface area contributed by atoms with Crippen LogP contribution in [0.4, 0.5) is 10.1 Å². The number of nitro benzene ring substituents is 1. The van der Waals surface area contributed by atoms with Gasteiger partial charge in [0.25, 0.3) is 5.91 Å². The van der Waals surface area contributed by atoms with Crippen LogP contribution in [0.1, 0.15) is 22.8 Å². The summed E-state index contributed by atoms with van der Waals surface area (Å²) in [5.74, 6) is -1.41. The molecule has 1 atom stereocenters. The second kappa shape index (κ2) is 6.45. The van der Waals surface area contributed by atoms with Crippen LogP contribution in [0.5, 0.6) is 0 Å². The quantitative estimate of drug-likeness (QED) is 0.681. The summed E-state index contributed by atoms with van der Waals surface area (Å²) in [5, 5.41) is 17.3. The smallest absolute Gasteiger partial charge is 0.305 e. The van der Waals surface area contributed by atoms with Crippen molar-refractivity contribution in [3.63, 3.8) is 0 Å². The van der Waals surface area contributed by atoms with Crippen molar-refractivity contribution in [3.8, 4) is 0 Å². The third kappa shape index (κ3) is 3.85. The van der Waals surface area contributed by atoms with E-state index in [0.29, 0.717) is 6.42 Å². The zero-order valence-electron chi connectivity index (χ0n) is 11.2. The molecule has 0 aliphatic rings. The summed E-state index contributed by atoms with van der Waals surface area (Å²) in [6.45, 7) is 1.84. The Kier molecular flexibility index (Phi) is 4.64. The van der Waals surface area contributed by atoms with Gasteiger partial charge in [0.05, 0.1) is 4.92 Å². The van der Waals surface area contributed by atoms with Crippen LogP contribution in [-0.4, -0.2) is 16.9 Å². The summed E-state index contributed by atoms with van der Waals surface area (Å²) >= 11 is 1.57. The van der Waals surface area contributed by atoms with Crippen LogP contribution in [0.25, 0.3) is 0 Å². The van der Waals surface area contributed by atoms with E-state index in [-0.39, 0.29) is 11.6 Å². The molecule has 2 aromatic rings. The first-order chi connectivity index (χ1) is 9.97. The molecule has 2 rings (SSSR count). The minimum absolute atomic E-state index is 0.0697. The summed E-state index contributed by atoms with van der Waals surface area (Å²) in [4.78, 5) is 21.8. The Morgan fingerprint density at radius 1 is 1.48 bits per heavy atom. The zero-order chi connectivity index (χ0) is 15.4. The lowest BCUT2D eigenvalue weighted by atomic mass is 10.1. The van der Waals surface area contributed by atoms with E-state index in [9.17, 15) is 19.3 Å². The normalized spacial score (nSPS) is 11.9. The Balaban J connectivity index is 2.06. The number of benzene rings is 1. The minimum atomic E-state index is -0.956. The SMILES string of the molecule is CC(Cc1ccsc1)NC(=O)c1ccc(F)c([N+](=O)[O-])c1. The van der Waals surface area contributed by atoms with E-state index in [1.807, 2.05) is 23.8 Å². The van der Waals surface area contributed by atoms with Gasteiger partial charge in [0.2, 0.25) is 5.82 Å². The van der Waals surface area contributed by atoms with Crippen LogP contribution in [0.3, 0.4) is 0 Å². The highest BCUT2D eigenvalue weighted by atomic mass is 32.1. The van der Waals surface area contributed by atoms with Gasteiger partial charge >= 0.3 is 5.69 Å². The average Bonchev–Trinajstić information content (AvgIpc) is 2.91. The number of halogens is 1. The molecule has 0 saturated carbocycles. The summed E-state index contributed by atoms with van der Waals surface area (Å²) in [6, 6.07) is 4.94. The zero-order valence-corrected chi connectivity index (χ0v) is 12.0. The van der Waals surface area contributed by atoms with Crippen molar-refractivity contribution < 1.29 is 14.1 Å². The molecule has 0 spiro atoms. The van der Waals surface area contributed by atoms with Crippen LogP contribution < -0.4 is 5.32 Å². The van der Waals surface area contributed by atoms with Gasteiger partial charge < -0.3 is 5.32 Å². The Hall–Kier alpha value is -2.28. The van der Waals surface area contributed by atoms with Gasteiger partial charge in [0.1, 0.15) is 0 Å². The number of nitrogens with one attached hydrogen (secondary N) is 1. The third-order valence-electron chi connectivity index (χ3n) is 2.90. The summed E-state index contributed by atoms with van der Waals surface area (Å²) in [6.07, 6.45) is 0.665. The first-order valence-electron chi connectivity index (χ1n) is 6.23. The molecule has 0 radical (unpaired) electrons. The van der Waals surface area contributed by atoms with Crippen LogP contribution in [0.15, 0.2) is 35.0 Å². The van der Waals surface area contributed by atoms with Gasteiger partial charge in [-0.15, -0.1) is 0 Å². The van der Waals surface area contributed by atoms with E-state index in [0.717, 1.165) is 17.7 Å². The lowest BCUT2D eigenvalue weighted by Gasteiger charge is -2.13. The highest BCUT2D eigenvalue weighted by molar-refractivity contribution is 7.07. The molecule has 0 bridgehead atoms. The molecular formula is C14H13FN2O3S. The monoisotopic (exact) mass is 308 g/mol. The number of thiophene rings is 1. The summed E-state index contributed by atoms with van der Waals surface area (Å²) in [7, 11) is 0. The van der Waals surface area contributed by atoms with Crippen molar-refractivity contribution in [2.75, 3.05) is 0 Å². The maximum absolute atomic E-state index is 13.2. The van der Waals surface area contributed by atoms with Crippen molar-refractivity contribution in [2.45, 2.75) is 19.4 Å². The van der Waals surface area contributed by atoms with Gasteiger partial charge in [-0.05, 0) is 47.9 Å². The molecule has 1 heterocycles. The van der Waals surface area contributed by atoms with E-state index in [1.54, 1.807) is 11.3 Å². The van der Waals surface area contributed by atoms with Gasteiger partial charge in [-0.2, -0.15) is 15.7 Å². The van der Waals surface area contributed by atoms with Crippen molar-refractivity contribution in [3.05, 3.63) is 62.1 Å². The van der Waals surface area contributed by atoms with Crippen LogP contribution in [0, 0.1) is 15.9 Å². The van der Waals surface area contributed by atoms with Crippen molar-refractivity contribution >= 4 is 22.9 Å². The third-order valence-corrected chi connectivity index (χ3v) is 3.64. The first-order valence-corrected chi connectivity index (χ1v) is 7.17. The molecule has 0 aliphatic heterocycles. The predicted octanol–water partition coefficient (Wildman–Crippen LogP) is 3.16. The molecule has 0 fully saturated rings. The fourth-order valence-electron chi connectivity index (χ4n) is 1.91. The number of carbonyl (C=O) groups excluding carboxylic acids is 1. The van der Waals surface area contributed by atoms with Gasteiger partial charge in [-0.25, -0.2) is 0 Å². The number of carbonyl (C=O) groups is 1. The Morgan fingerprint density at radius 2 is 2.24 bits per heavy atom. The Bertz CT molecular complexity index is 658. The van der Waals surface area contributed by atoms with Gasteiger partial charge in [0.15, 0.2) is 0 Å². The lowest BCUT2D eigenvalue weighted by Crippen LogP contribution is -2.34. The second-order valence-corrected chi connectivity index (χ2v) is 5.41. The molecule has 0 aliphatic carbocycles. The minimum Gasteiger partial charge on any atom is -0.349 e. The molecule has 1 unspecified atom stereocenters. The number of hydrogen-bond donors (Lipinski definition) is 1. The van der Waals surface area contributed by atoms with Crippen LogP contribution >= 0.6 is 11.3 Å². The number of nitro groups is 1. The van der Waals surface area contributed by atoms with E-state index in [4.69, 9.17) is 0 Å². The molecule has 1 aromatic heterocycles. The largest absolute Gasteiger partial charge is 0.349 e. The van der Waals surface area contributed by atoms with Crippen molar-refractivity contribution in [2.24, 2.45) is 0 Å². The van der Waals surface area contributed by atoms with Crippen molar-refractivity contribution in [1.29, 1.82) is 0 Å². The fourth-order valence-corrected chi connectivity index (χ4v) is 2.60. The predicted molar refractivity (Wildman–Crippen MR) is 78.0 cm³/mol. The van der Waals surface area contributed by atoms with Crippen LogP contribution in [0.2, 0.25) is 0 Å². The van der Waals surface area contributed by atoms with E-state index in [1.165, 1.54) is 6.07 Å². The lowest BCUT2D eigenvalue weighted by molar-refractivity contribution is -0.387. The molecular weight excluding hydrogens is 295 g/mol. The highest BCUT2D eigenvalue weighted by Gasteiger charge is 2.18. The van der Waals surface area contributed by atoms with Gasteiger partial charge in [0, 0.05) is 17.7 Å². The van der Waals surface area contributed by atoms with Gasteiger partial charge in [-0.1, -0.05) is 0 Å². The molecule has 110 valence electrons. The Morgan fingerprint density at radius 3 is 2.86 bits per heavy atom. The highest BCUT2D eigenvalue weighted by Crippen LogP contribution is 2.18. The molecule has 1 amide bonds. The second-order valence-electron chi connectivity index (χ2n) is 4.63. The standard InChI is InChI=1S/C14H13FN2O3S/c1-9(6-10-4-5-21-8-10)16-14(18)11-2-3-12(15)13(7-11)17(19)20/h2-5,7-9H,6H2,1H3,(H,16,18). The average molecular weight is 308 g/mol. The number of amides is 1. The van der Waals surface area contributed by atoms with E-state index in [2.05, 4.69) is 5.32 Å². The summed E-state index contributed by atoms with van der Waals surface area (Å²) in [5.41, 5.74) is 0.478. The molecule has 5 nitrogen and oxygen atoms in total. The molecule has 21 heavy (non-hydrogen) atoms.